The van der Waals surface area contributed by atoms with Gasteiger partial charge < -0.3 is 40.5 Å². The Labute approximate surface area is 434 Å². The Kier molecular flexibility index (Phi) is 15.2. The third kappa shape index (κ3) is 11.2. The number of nitrogens with one attached hydrogen (secondary N) is 4. The molecule has 76 heavy (non-hydrogen) atoms. The molecular formula is C56H54F6N8O6. The lowest BCUT2D eigenvalue weighted by atomic mass is 9.83. The third-order valence-corrected chi connectivity index (χ3v) is 14.3. The summed E-state index contributed by atoms with van der Waals surface area (Å²) in [7, 11) is 3.29. The summed E-state index contributed by atoms with van der Waals surface area (Å²) >= 11 is 0. The number of hydrogen-bond donors (Lipinski definition) is 4. The molecule has 6 aromatic rings. The van der Waals surface area contributed by atoms with Crippen LogP contribution in [0, 0.1) is 25.7 Å². The number of benzene rings is 4. The summed E-state index contributed by atoms with van der Waals surface area (Å²) in [5.41, 5.74) is 8.28. The molecular weight excluding hydrogens is 995 g/mol. The minimum Gasteiger partial charge on any atom is -0.377 e. The van der Waals surface area contributed by atoms with Crippen molar-refractivity contribution in [3.8, 4) is 22.3 Å². The van der Waals surface area contributed by atoms with Crippen LogP contribution in [0.2, 0.25) is 0 Å². The minimum absolute atomic E-state index is 0.00364. The van der Waals surface area contributed by atoms with Gasteiger partial charge in [-0.25, -0.2) is 0 Å². The van der Waals surface area contributed by atoms with E-state index in [1.807, 2.05) is 62.4 Å². The third-order valence-electron chi connectivity index (χ3n) is 14.3. The molecule has 1 unspecified atom stereocenters. The van der Waals surface area contributed by atoms with E-state index in [1.54, 1.807) is 26.2 Å². The molecule has 0 spiro atoms. The summed E-state index contributed by atoms with van der Waals surface area (Å²) in [6.07, 6.45) is -6.11. The van der Waals surface area contributed by atoms with Crippen LogP contribution in [0.5, 0.6) is 0 Å². The maximum absolute atomic E-state index is 13.0. The van der Waals surface area contributed by atoms with E-state index in [0.717, 1.165) is 80.4 Å². The Bertz CT molecular complexity index is 2990. The lowest BCUT2D eigenvalue weighted by Crippen LogP contribution is -2.56. The van der Waals surface area contributed by atoms with Crippen molar-refractivity contribution in [2.24, 2.45) is 11.8 Å². The SMILES string of the molecule is CNC(=O)C1Cc2ccc(-c3cc(NC(=O)c4ccnc(C(F)(F)F)c4)ccc3C)cc2N2CCOC[C@H]12.CNC(=O)[C@@H]1Cc2ccc(-c3cc(NC(=O)c4ccnc(C(F)(F)F)c4)ccc3C)cc2N2CCOC[C@@H]12. The number of rotatable bonds is 8. The van der Waals surface area contributed by atoms with Crippen molar-refractivity contribution in [1.82, 2.24) is 20.6 Å². The van der Waals surface area contributed by atoms with Gasteiger partial charge in [0.15, 0.2) is 0 Å². The van der Waals surface area contributed by atoms with Gasteiger partial charge >= 0.3 is 12.4 Å². The van der Waals surface area contributed by atoms with Crippen molar-refractivity contribution in [2.45, 2.75) is 51.1 Å². The maximum atomic E-state index is 13.0. The van der Waals surface area contributed by atoms with Gasteiger partial charge in [-0.1, -0.05) is 36.4 Å². The number of carbonyl (C=O) groups is 4. The van der Waals surface area contributed by atoms with E-state index >= 15 is 0 Å². The lowest BCUT2D eigenvalue weighted by molar-refractivity contribution is -0.142. The lowest BCUT2D eigenvalue weighted by Gasteiger charge is -2.45. The number of fused-ring (bicyclic) bond motifs is 6. The number of halogens is 6. The zero-order chi connectivity index (χ0) is 54.1. The summed E-state index contributed by atoms with van der Waals surface area (Å²) in [6, 6.07) is 26.9. The van der Waals surface area contributed by atoms with Crippen LogP contribution in [0.15, 0.2) is 109 Å². The molecule has 2 fully saturated rings. The molecule has 4 N–H and O–H groups in total. The number of aromatic nitrogens is 2. The summed E-state index contributed by atoms with van der Waals surface area (Å²) < 4.78 is 89.5. The van der Waals surface area contributed by atoms with E-state index in [2.05, 4.69) is 53.2 Å². The second-order valence-corrected chi connectivity index (χ2v) is 19.0. The van der Waals surface area contributed by atoms with Crippen LogP contribution in [0.4, 0.5) is 49.1 Å². The molecule has 10 rings (SSSR count). The van der Waals surface area contributed by atoms with Crippen LogP contribution in [0.3, 0.4) is 0 Å². The van der Waals surface area contributed by atoms with Crippen molar-refractivity contribution in [2.75, 3.05) is 74.0 Å². The second kappa shape index (κ2) is 21.8. The van der Waals surface area contributed by atoms with Crippen molar-refractivity contribution in [3.63, 3.8) is 0 Å². The molecule has 2 saturated heterocycles. The first kappa shape index (κ1) is 53.0. The fraction of sp³-hybridized carbons (Fsp3) is 0.321. The summed E-state index contributed by atoms with van der Waals surface area (Å²) in [4.78, 5) is 61.7. The normalized spacial score (nSPS) is 18.8. The highest BCUT2D eigenvalue weighted by Crippen LogP contribution is 2.42. The molecule has 0 aliphatic carbocycles. The number of hydrogen-bond acceptors (Lipinski definition) is 10. The zero-order valence-corrected chi connectivity index (χ0v) is 41.9. The summed E-state index contributed by atoms with van der Waals surface area (Å²) in [6.45, 7) is 7.38. The molecule has 0 radical (unpaired) electrons. The monoisotopic (exact) mass is 1050 g/mol. The smallest absolute Gasteiger partial charge is 0.377 e. The molecule has 20 heteroatoms. The number of nitrogens with zero attached hydrogens (tertiary/aromatic N) is 4. The number of ether oxygens (including phenoxy) is 2. The van der Waals surface area contributed by atoms with Crippen LogP contribution in [-0.2, 0) is 44.3 Å². The maximum Gasteiger partial charge on any atom is 0.433 e. The standard InChI is InChI=1S/2C28H27F3N4O3/c2*1-16-3-6-20(34-26(36)19-7-8-33-25(13-19)28(29,30)31)14-21(16)17-4-5-18-11-22(27(37)32-2)24-15-38-10-9-35(24)23(18)12-17/h2*3-8,12-14,22,24H,9-11,15H2,1-2H3,(H,32,37)(H,34,36)/t22?,24-;22-,24+/m11/s1. The Morgan fingerprint density at radius 1 is 0.553 bits per heavy atom. The number of alkyl halides is 6. The van der Waals surface area contributed by atoms with Gasteiger partial charge in [0, 0.05) is 73.5 Å². The van der Waals surface area contributed by atoms with Crippen LogP contribution in [0.1, 0.15) is 54.4 Å². The average Bonchev–Trinajstić information content (AvgIpc) is 3.42. The first-order valence-corrected chi connectivity index (χ1v) is 24.6. The van der Waals surface area contributed by atoms with E-state index in [9.17, 15) is 45.5 Å². The summed E-state index contributed by atoms with van der Waals surface area (Å²) in [5, 5.41) is 10.9. The Balaban J connectivity index is 0.000000186. The zero-order valence-electron chi connectivity index (χ0n) is 41.9. The molecule has 2 aromatic heterocycles. The van der Waals surface area contributed by atoms with Gasteiger partial charge in [0.2, 0.25) is 11.8 Å². The van der Waals surface area contributed by atoms with Crippen molar-refractivity contribution < 1.29 is 55.0 Å². The van der Waals surface area contributed by atoms with Crippen LogP contribution >= 0.6 is 0 Å². The van der Waals surface area contributed by atoms with Gasteiger partial charge in [-0.3, -0.25) is 29.1 Å². The van der Waals surface area contributed by atoms with E-state index in [-0.39, 0.29) is 46.9 Å². The van der Waals surface area contributed by atoms with Crippen LogP contribution in [0.25, 0.3) is 22.3 Å². The number of anilines is 4. The van der Waals surface area contributed by atoms with Gasteiger partial charge in [0.25, 0.3) is 11.8 Å². The molecule has 6 heterocycles. The molecule has 14 nitrogen and oxygen atoms in total. The Morgan fingerprint density at radius 2 is 0.961 bits per heavy atom. The van der Waals surface area contributed by atoms with Crippen molar-refractivity contribution >= 4 is 46.4 Å². The highest BCUT2D eigenvalue weighted by molar-refractivity contribution is 6.05. The molecule has 0 saturated carbocycles. The number of aryl methyl sites for hydroxylation is 2. The molecule has 396 valence electrons. The van der Waals surface area contributed by atoms with E-state index < -0.39 is 35.6 Å². The molecule has 0 bridgehead atoms. The van der Waals surface area contributed by atoms with Crippen LogP contribution in [-0.4, -0.2) is 99.3 Å². The number of amides is 4. The predicted octanol–water partition coefficient (Wildman–Crippen LogP) is 8.90. The first-order chi connectivity index (χ1) is 36.3. The van der Waals surface area contributed by atoms with Gasteiger partial charge in [-0.05, 0) is 132 Å². The van der Waals surface area contributed by atoms with Gasteiger partial charge in [-0.15, -0.1) is 0 Å². The number of morpholine rings is 2. The largest absolute Gasteiger partial charge is 0.433 e. The quantitative estimate of drug-likeness (QED) is 0.108. The van der Waals surface area contributed by atoms with E-state index in [4.69, 9.17) is 9.47 Å². The van der Waals surface area contributed by atoms with E-state index in [1.165, 1.54) is 12.1 Å². The highest BCUT2D eigenvalue weighted by Gasteiger charge is 2.42. The van der Waals surface area contributed by atoms with Crippen LogP contribution < -0.4 is 31.1 Å². The molecule has 4 amide bonds. The Hall–Kier alpha value is -7.84. The van der Waals surface area contributed by atoms with Crippen molar-refractivity contribution in [1.29, 1.82) is 0 Å². The van der Waals surface area contributed by atoms with Gasteiger partial charge in [-0.2, -0.15) is 26.3 Å². The first-order valence-electron chi connectivity index (χ1n) is 24.6. The minimum atomic E-state index is -4.64. The van der Waals surface area contributed by atoms with Crippen molar-refractivity contribution in [3.05, 3.63) is 154 Å². The molecule has 4 atom stereocenters. The number of carbonyl (C=O) groups excluding carboxylic acids is 4. The van der Waals surface area contributed by atoms with E-state index in [0.29, 0.717) is 63.7 Å². The average molecular weight is 1050 g/mol. The highest BCUT2D eigenvalue weighted by atomic mass is 19.4. The second-order valence-electron chi connectivity index (χ2n) is 19.0. The molecule has 4 aromatic carbocycles. The molecule has 4 aliphatic rings. The number of pyridine rings is 2. The van der Waals surface area contributed by atoms with Gasteiger partial charge in [0.05, 0.1) is 50.3 Å². The fourth-order valence-electron chi connectivity index (χ4n) is 10.4. The molecule has 4 aliphatic heterocycles. The Morgan fingerprint density at radius 3 is 1.34 bits per heavy atom. The predicted molar refractivity (Wildman–Crippen MR) is 274 cm³/mol. The summed E-state index contributed by atoms with van der Waals surface area (Å²) in [5.74, 6) is -1.73. The van der Waals surface area contributed by atoms with Gasteiger partial charge in [0.1, 0.15) is 11.4 Å². The topological polar surface area (TPSA) is 167 Å². The fourth-order valence-corrected chi connectivity index (χ4v) is 10.4.